The van der Waals surface area contributed by atoms with Crippen LogP contribution in [0.15, 0.2) is 6.07 Å². The molecule has 0 atom stereocenters. The molecule has 0 radical (unpaired) electrons. The lowest BCUT2D eigenvalue weighted by molar-refractivity contribution is 0.231. The van der Waals surface area contributed by atoms with Gasteiger partial charge in [0.1, 0.15) is 4.83 Å². The van der Waals surface area contributed by atoms with Crippen LogP contribution in [0.1, 0.15) is 31.6 Å². The van der Waals surface area contributed by atoms with Crippen LogP contribution in [0.2, 0.25) is 0 Å². The maximum atomic E-state index is 8.85. The summed E-state index contributed by atoms with van der Waals surface area (Å²) in [6.07, 6.45) is 2.61. The minimum absolute atomic E-state index is 0.124. The quantitative estimate of drug-likeness (QED) is 0.733. The van der Waals surface area contributed by atoms with Crippen LogP contribution in [-0.2, 0) is 6.42 Å². The number of nitrogens with zero attached hydrogens (tertiary/aromatic N) is 2. The van der Waals surface area contributed by atoms with E-state index in [1.165, 1.54) is 4.88 Å². The minimum Gasteiger partial charge on any atom is -0.477 e. The molecule has 110 valence electrons. The van der Waals surface area contributed by atoms with Gasteiger partial charge in [-0.05, 0) is 18.9 Å². The van der Waals surface area contributed by atoms with Crippen molar-refractivity contribution in [2.24, 2.45) is 0 Å². The van der Waals surface area contributed by atoms with E-state index in [-0.39, 0.29) is 6.61 Å². The van der Waals surface area contributed by atoms with E-state index in [1.807, 2.05) is 0 Å². The summed E-state index contributed by atoms with van der Waals surface area (Å²) in [5.41, 5.74) is 0. The zero-order valence-corrected chi connectivity index (χ0v) is 12.8. The Bertz CT molecular complexity index is 557. The van der Waals surface area contributed by atoms with Crippen LogP contribution < -0.4 is 10.1 Å². The van der Waals surface area contributed by atoms with Crippen molar-refractivity contribution < 1.29 is 9.84 Å². The van der Waals surface area contributed by atoms with Gasteiger partial charge in [0.2, 0.25) is 11.8 Å². The van der Waals surface area contributed by atoms with E-state index in [1.54, 1.807) is 11.3 Å². The molecule has 0 aliphatic carbocycles. The fourth-order valence-corrected chi connectivity index (χ4v) is 2.74. The average molecular weight is 295 g/mol. The van der Waals surface area contributed by atoms with E-state index in [0.29, 0.717) is 24.9 Å². The number of aliphatic hydroxyl groups is 1. The van der Waals surface area contributed by atoms with Gasteiger partial charge in [0.25, 0.3) is 0 Å². The lowest BCUT2D eigenvalue weighted by Gasteiger charge is -2.08. The highest BCUT2D eigenvalue weighted by molar-refractivity contribution is 7.18. The number of thiophene rings is 1. The first-order valence-electron chi connectivity index (χ1n) is 7.06. The van der Waals surface area contributed by atoms with Gasteiger partial charge in [-0.3, -0.25) is 0 Å². The van der Waals surface area contributed by atoms with Crippen LogP contribution in [0.25, 0.3) is 10.2 Å². The summed E-state index contributed by atoms with van der Waals surface area (Å²) in [5.74, 6) is 1.22. The van der Waals surface area contributed by atoms with Gasteiger partial charge in [0, 0.05) is 24.4 Å². The molecule has 0 aliphatic rings. The van der Waals surface area contributed by atoms with Crippen LogP contribution in [0.5, 0.6) is 5.88 Å². The molecule has 2 aromatic rings. The number of aryl methyl sites for hydroxylation is 1. The zero-order valence-electron chi connectivity index (χ0n) is 12.0. The van der Waals surface area contributed by atoms with Crippen molar-refractivity contribution in [1.82, 2.24) is 9.97 Å². The summed E-state index contributed by atoms with van der Waals surface area (Å²) in [6, 6.07) is 2.10. The summed E-state index contributed by atoms with van der Waals surface area (Å²) in [6.45, 7) is 5.66. The Balaban J connectivity index is 2.30. The van der Waals surface area contributed by atoms with E-state index in [0.717, 1.165) is 29.6 Å². The van der Waals surface area contributed by atoms with Crippen molar-refractivity contribution >= 4 is 27.5 Å². The standard InChI is InChI=1S/C14H21N3O2S/c1-3-6-15-14-16-12(19-8-5-7-18)11-9-10(4-2)20-13(11)17-14/h9,18H,3-8H2,1-2H3,(H,15,16,17). The number of fused-ring (bicyclic) bond motifs is 1. The zero-order chi connectivity index (χ0) is 14.4. The van der Waals surface area contributed by atoms with Crippen molar-refractivity contribution in [2.75, 3.05) is 25.1 Å². The number of aromatic nitrogens is 2. The Kier molecular flexibility index (Phi) is 5.55. The fraction of sp³-hybridized carbons (Fsp3) is 0.571. The normalized spacial score (nSPS) is 10.9. The smallest absolute Gasteiger partial charge is 0.227 e. The van der Waals surface area contributed by atoms with Crippen LogP contribution >= 0.6 is 11.3 Å². The molecular formula is C14H21N3O2S. The van der Waals surface area contributed by atoms with E-state index < -0.39 is 0 Å². The number of nitrogens with one attached hydrogen (secondary N) is 1. The Morgan fingerprint density at radius 1 is 1.35 bits per heavy atom. The van der Waals surface area contributed by atoms with E-state index in [9.17, 15) is 0 Å². The van der Waals surface area contributed by atoms with Crippen LogP contribution in [0.4, 0.5) is 5.95 Å². The van der Waals surface area contributed by atoms with Gasteiger partial charge in [-0.1, -0.05) is 13.8 Å². The summed E-state index contributed by atoms with van der Waals surface area (Å²) in [5, 5.41) is 13.0. The first-order chi connectivity index (χ1) is 9.78. The molecular weight excluding hydrogens is 274 g/mol. The van der Waals surface area contributed by atoms with E-state index in [2.05, 4.69) is 35.2 Å². The largest absolute Gasteiger partial charge is 0.477 e. The lowest BCUT2D eigenvalue weighted by Crippen LogP contribution is -2.07. The summed E-state index contributed by atoms with van der Waals surface area (Å²) < 4.78 is 5.69. The molecule has 2 rings (SSSR count). The van der Waals surface area contributed by atoms with Gasteiger partial charge < -0.3 is 15.2 Å². The Morgan fingerprint density at radius 2 is 2.20 bits per heavy atom. The minimum atomic E-state index is 0.124. The molecule has 5 nitrogen and oxygen atoms in total. The third-order valence-electron chi connectivity index (χ3n) is 2.83. The highest BCUT2D eigenvalue weighted by Crippen LogP contribution is 2.31. The molecule has 0 spiro atoms. The second-order valence-electron chi connectivity index (χ2n) is 4.49. The van der Waals surface area contributed by atoms with Gasteiger partial charge >= 0.3 is 0 Å². The van der Waals surface area contributed by atoms with Crippen molar-refractivity contribution in [3.63, 3.8) is 0 Å². The molecule has 6 heteroatoms. The van der Waals surface area contributed by atoms with Crippen molar-refractivity contribution in [2.45, 2.75) is 33.1 Å². The molecule has 2 N–H and O–H groups in total. The first kappa shape index (κ1) is 15.0. The van der Waals surface area contributed by atoms with Crippen LogP contribution in [-0.4, -0.2) is 34.8 Å². The van der Waals surface area contributed by atoms with Gasteiger partial charge in [0.05, 0.1) is 12.0 Å². The lowest BCUT2D eigenvalue weighted by atomic mass is 10.3. The first-order valence-corrected chi connectivity index (χ1v) is 7.88. The highest BCUT2D eigenvalue weighted by Gasteiger charge is 2.12. The van der Waals surface area contributed by atoms with Gasteiger partial charge in [-0.25, -0.2) is 4.98 Å². The molecule has 0 bridgehead atoms. The summed E-state index contributed by atoms with van der Waals surface area (Å²) in [7, 11) is 0. The molecule has 0 fully saturated rings. The molecule has 0 amide bonds. The van der Waals surface area contributed by atoms with Crippen molar-refractivity contribution in [3.8, 4) is 5.88 Å². The SMILES string of the molecule is CCCNc1nc(OCCCO)c2cc(CC)sc2n1. The van der Waals surface area contributed by atoms with Crippen LogP contribution in [0.3, 0.4) is 0 Å². The Labute approximate surface area is 123 Å². The second-order valence-corrected chi connectivity index (χ2v) is 5.61. The molecule has 20 heavy (non-hydrogen) atoms. The number of anilines is 1. The number of hydrogen-bond acceptors (Lipinski definition) is 6. The van der Waals surface area contributed by atoms with E-state index in [4.69, 9.17) is 9.84 Å². The summed E-state index contributed by atoms with van der Waals surface area (Å²) in [4.78, 5) is 11.2. The second kappa shape index (κ2) is 7.40. The van der Waals surface area contributed by atoms with Crippen molar-refractivity contribution in [3.05, 3.63) is 10.9 Å². The van der Waals surface area contributed by atoms with E-state index >= 15 is 0 Å². The van der Waals surface area contributed by atoms with Crippen molar-refractivity contribution in [1.29, 1.82) is 0 Å². The monoisotopic (exact) mass is 295 g/mol. The maximum Gasteiger partial charge on any atom is 0.227 e. The van der Waals surface area contributed by atoms with Gasteiger partial charge in [-0.2, -0.15) is 4.98 Å². The number of rotatable bonds is 8. The molecule has 0 saturated heterocycles. The predicted molar refractivity (Wildman–Crippen MR) is 82.8 cm³/mol. The highest BCUT2D eigenvalue weighted by atomic mass is 32.1. The topological polar surface area (TPSA) is 67.3 Å². The molecule has 0 aliphatic heterocycles. The third kappa shape index (κ3) is 3.58. The maximum absolute atomic E-state index is 8.85. The Morgan fingerprint density at radius 3 is 2.90 bits per heavy atom. The number of aliphatic hydroxyl groups excluding tert-OH is 1. The Hall–Kier alpha value is -1.40. The number of hydrogen-bond donors (Lipinski definition) is 2. The molecule has 0 unspecified atom stereocenters. The summed E-state index contributed by atoms with van der Waals surface area (Å²) >= 11 is 1.68. The van der Waals surface area contributed by atoms with Crippen LogP contribution in [0, 0.1) is 0 Å². The average Bonchev–Trinajstić information content (AvgIpc) is 2.88. The number of ether oxygens (including phenoxy) is 1. The molecule has 2 heterocycles. The molecule has 0 aromatic carbocycles. The van der Waals surface area contributed by atoms with Gasteiger partial charge in [-0.15, -0.1) is 11.3 Å². The predicted octanol–water partition coefficient (Wildman–Crippen LogP) is 2.84. The molecule has 2 aromatic heterocycles. The molecule has 0 saturated carbocycles. The fourth-order valence-electron chi connectivity index (χ4n) is 1.78. The third-order valence-corrected chi connectivity index (χ3v) is 4.00. The van der Waals surface area contributed by atoms with Gasteiger partial charge in [0.15, 0.2) is 0 Å².